The average molecular weight is 368 g/mol. The molecule has 3 aromatic rings. The second kappa shape index (κ2) is 6.85. The van der Waals surface area contributed by atoms with Crippen molar-refractivity contribution in [3.8, 4) is 5.75 Å². The first-order chi connectivity index (χ1) is 12.9. The Hall–Kier alpha value is -2.60. The van der Waals surface area contributed by atoms with Gasteiger partial charge in [0.1, 0.15) is 17.1 Å². The maximum absolute atomic E-state index is 14.1. The summed E-state index contributed by atoms with van der Waals surface area (Å²) in [7, 11) is 0. The second-order valence-corrected chi connectivity index (χ2v) is 7.43. The molecular weight excluding hydrogens is 343 g/mol. The summed E-state index contributed by atoms with van der Waals surface area (Å²) in [5, 5.41) is 13.8. The molecule has 0 amide bonds. The molecule has 4 rings (SSSR count). The van der Waals surface area contributed by atoms with Crippen molar-refractivity contribution < 1.29 is 9.50 Å². The van der Waals surface area contributed by atoms with Crippen LogP contribution in [0.2, 0.25) is 0 Å². The second-order valence-electron chi connectivity index (χ2n) is 7.43. The lowest BCUT2D eigenvalue weighted by atomic mass is 10.1. The third-order valence-electron chi connectivity index (χ3n) is 5.19. The fourth-order valence-electron chi connectivity index (χ4n) is 3.90. The smallest absolute Gasteiger partial charge is 0.207 e. The first-order valence-corrected chi connectivity index (χ1v) is 9.35. The van der Waals surface area contributed by atoms with Crippen LogP contribution < -0.4 is 10.2 Å². The monoisotopic (exact) mass is 368 g/mol. The molecule has 1 saturated heterocycles. The molecule has 0 saturated carbocycles. The molecule has 0 atom stereocenters. The van der Waals surface area contributed by atoms with Gasteiger partial charge >= 0.3 is 0 Å². The van der Waals surface area contributed by atoms with E-state index in [1.165, 1.54) is 0 Å². The number of anilines is 1. The Morgan fingerprint density at radius 2 is 1.74 bits per heavy atom. The Morgan fingerprint density at radius 1 is 1.07 bits per heavy atom. The zero-order valence-corrected chi connectivity index (χ0v) is 16.0. The molecule has 142 valence electrons. The molecule has 5 nitrogen and oxygen atoms in total. The van der Waals surface area contributed by atoms with E-state index >= 15 is 0 Å². The van der Waals surface area contributed by atoms with Crippen LogP contribution in [-0.2, 0) is 6.54 Å². The number of nitrogens with zero attached hydrogens (tertiary/aromatic N) is 3. The van der Waals surface area contributed by atoms with E-state index in [0.29, 0.717) is 23.2 Å². The number of rotatable bonds is 3. The van der Waals surface area contributed by atoms with Gasteiger partial charge in [-0.2, -0.15) is 0 Å². The highest BCUT2D eigenvalue weighted by Gasteiger charge is 2.21. The lowest BCUT2D eigenvalue weighted by molar-refractivity contribution is 0.480. The number of benzene rings is 2. The van der Waals surface area contributed by atoms with E-state index < -0.39 is 0 Å². The normalized spacial score (nSPS) is 14.9. The largest absolute Gasteiger partial charge is 0.506 e. The van der Waals surface area contributed by atoms with Crippen LogP contribution in [0.5, 0.6) is 5.75 Å². The average Bonchev–Trinajstić information content (AvgIpc) is 2.99. The standard InChI is InChI=1S/C21H25FN4O/c1-13-8-17-20(18(27)9-13)24-21(25-6-4-23-5-7-25)26(17)12-16-10-14(2)19(22)15(3)11-16/h8-11,23,27H,4-7,12H2,1-3H3. The molecule has 2 heterocycles. The van der Waals surface area contributed by atoms with Gasteiger partial charge in [-0.3, -0.25) is 0 Å². The quantitative estimate of drug-likeness (QED) is 0.745. The van der Waals surface area contributed by atoms with Crippen molar-refractivity contribution in [3.63, 3.8) is 0 Å². The molecule has 1 aromatic heterocycles. The molecule has 1 aliphatic heterocycles. The molecule has 1 aliphatic rings. The maximum atomic E-state index is 14.1. The Morgan fingerprint density at radius 3 is 2.41 bits per heavy atom. The van der Waals surface area contributed by atoms with Gasteiger partial charge in [-0.15, -0.1) is 0 Å². The molecule has 2 N–H and O–H groups in total. The van der Waals surface area contributed by atoms with Crippen LogP contribution >= 0.6 is 0 Å². The zero-order chi connectivity index (χ0) is 19.1. The molecule has 0 unspecified atom stereocenters. The highest BCUT2D eigenvalue weighted by molar-refractivity contribution is 5.85. The van der Waals surface area contributed by atoms with Crippen molar-refractivity contribution in [2.45, 2.75) is 27.3 Å². The van der Waals surface area contributed by atoms with Crippen LogP contribution in [0.15, 0.2) is 24.3 Å². The minimum Gasteiger partial charge on any atom is -0.506 e. The molecular formula is C21H25FN4O. The highest BCUT2D eigenvalue weighted by Crippen LogP contribution is 2.31. The fourth-order valence-corrected chi connectivity index (χ4v) is 3.90. The van der Waals surface area contributed by atoms with E-state index in [4.69, 9.17) is 4.98 Å². The van der Waals surface area contributed by atoms with Crippen LogP contribution in [0.4, 0.5) is 10.3 Å². The summed E-state index contributed by atoms with van der Waals surface area (Å²) in [6, 6.07) is 7.58. The number of imidazole rings is 1. The number of halogens is 1. The number of fused-ring (bicyclic) bond motifs is 1. The van der Waals surface area contributed by atoms with Crippen LogP contribution in [0.25, 0.3) is 11.0 Å². The van der Waals surface area contributed by atoms with E-state index in [-0.39, 0.29) is 11.6 Å². The first kappa shape index (κ1) is 17.8. The molecule has 27 heavy (non-hydrogen) atoms. The van der Waals surface area contributed by atoms with Gasteiger partial charge in [0, 0.05) is 26.2 Å². The number of aromatic hydroxyl groups is 1. The molecule has 1 fully saturated rings. The number of hydrogen-bond acceptors (Lipinski definition) is 4. The third kappa shape index (κ3) is 3.25. The van der Waals surface area contributed by atoms with E-state index in [9.17, 15) is 9.50 Å². The topological polar surface area (TPSA) is 53.3 Å². The minimum atomic E-state index is -0.148. The Balaban J connectivity index is 1.86. The number of hydrogen-bond donors (Lipinski definition) is 2. The summed E-state index contributed by atoms with van der Waals surface area (Å²) in [6.45, 7) is 9.69. The summed E-state index contributed by atoms with van der Waals surface area (Å²) in [5.74, 6) is 0.906. The van der Waals surface area contributed by atoms with Crippen molar-refractivity contribution in [3.05, 3.63) is 52.3 Å². The van der Waals surface area contributed by atoms with Crippen molar-refractivity contribution >= 4 is 17.0 Å². The SMILES string of the molecule is Cc1cc(O)c2nc(N3CCNCC3)n(Cc3cc(C)c(F)c(C)c3)c2c1. The van der Waals surface area contributed by atoms with Gasteiger partial charge in [-0.25, -0.2) is 9.37 Å². The molecule has 0 radical (unpaired) electrons. The van der Waals surface area contributed by atoms with Gasteiger partial charge in [0.15, 0.2) is 0 Å². The number of nitrogens with one attached hydrogen (secondary N) is 1. The summed E-state index contributed by atoms with van der Waals surface area (Å²) in [6.07, 6.45) is 0. The number of aryl methyl sites for hydroxylation is 3. The molecule has 6 heteroatoms. The van der Waals surface area contributed by atoms with Crippen molar-refractivity contribution in [1.29, 1.82) is 0 Å². The molecule has 0 spiro atoms. The van der Waals surface area contributed by atoms with Crippen LogP contribution in [0, 0.1) is 26.6 Å². The summed E-state index contributed by atoms with van der Waals surface area (Å²) in [5.41, 5.74) is 4.84. The van der Waals surface area contributed by atoms with Gasteiger partial charge in [-0.05, 0) is 55.2 Å². The third-order valence-corrected chi connectivity index (χ3v) is 5.19. The number of phenolic OH excluding ortho intramolecular Hbond substituents is 1. The van der Waals surface area contributed by atoms with Crippen LogP contribution in [-0.4, -0.2) is 40.8 Å². The van der Waals surface area contributed by atoms with Crippen molar-refractivity contribution in [2.24, 2.45) is 0 Å². The van der Waals surface area contributed by atoms with Gasteiger partial charge in [0.25, 0.3) is 0 Å². The predicted octanol–water partition coefficient (Wildman–Crippen LogP) is 3.26. The van der Waals surface area contributed by atoms with E-state index in [0.717, 1.165) is 48.8 Å². The Labute approximate surface area is 158 Å². The van der Waals surface area contributed by atoms with Gasteiger partial charge in [-0.1, -0.05) is 12.1 Å². The molecule has 2 aromatic carbocycles. The van der Waals surface area contributed by atoms with Gasteiger partial charge < -0.3 is 19.9 Å². The molecule has 0 aliphatic carbocycles. The van der Waals surface area contributed by atoms with E-state index in [2.05, 4.69) is 20.9 Å². The molecule has 0 bridgehead atoms. The highest BCUT2D eigenvalue weighted by atomic mass is 19.1. The van der Waals surface area contributed by atoms with E-state index in [1.807, 2.05) is 19.1 Å². The Kier molecular flexibility index (Phi) is 4.52. The van der Waals surface area contributed by atoms with E-state index in [1.54, 1.807) is 19.9 Å². The summed E-state index contributed by atoms with van der Waals surface area (Å²) < 4.78 is 16.2. The zero-order valence-electron chi connectivity index (χ0n) is 16.0. The minimum absolute atomic E-state index is 0.148. The number of piperazine rings is 1. The van der Waals surface area contributed by atoms with Gasteiger partial charge in [0.2, 0.25) is 5.95 Å². The van der Waals surface area contributed by atoms with Crippen LogP contribution in [0.3, 0.4) is 0 Å². The first-order valence-electron chi connectivity index (χ1n) is 9.35. The van der Waals surface area contributed by atoms with Crippen molar-refractivity contribution in [2.75, 3.05) is 31.1 Å². The number of aromatic nitrogens is 2. The summed E-state index contributed by atoms with van der Waals surface area (Å²) >= 11 is 0. The Bertz CT molecular complexity index is 982. The van der Waals surface area contributed by atoms with Crippen molar-refractivity contribution in [1.82, 2.24) is 14.9 Å². The predicted molar refractivity (Wildman–Crippen MR) is 106 cm³/mol. The number of phenols is 1. The summed E-state index contributed by atoms with van der Waals surface area (Å²) in [4.78, 5) is 7.02. The van der Waals surface area contributed by atoms with Gasteiger partial charge in [0.05, 0.1) is 12.1 Å². The van der Waals surface area contributed by atoms with Crippen LogP contribution in [0.1, 0.15) is 22.3 Å². The lowest BCUT2D eigenvalue weighted by Gasteiger charge is -2.29. The maximum Gasteiger partial charge on any atom is 0.207 e. The lowest BCUT2D eigenvalue weighted by Crippen LogP contribution is -2.44. The fraction of sp³-hybridized carbons (Fsp3) is 0.381.